The fourth-order valence-electron chi connectivity index (χ4n) is 4.77. The van der Waals surface area contributed by atoms with Crippen molar-refractivity contribution in [3.63, 3.8) is 0 Å². The van der Waals surface area contributed by atoms with Gasteiger partial charge in [0.1, 0.15) is 11.6 Å². The fraction of sp³-hybridized carbons (Fsp3) is 0.545. The minimum Gasteiger partial charge on any atom is -0.356 e. The van der Waals surface area contributed by atoms with E-state index in [1.165, 1.54) is 6.42 Å². The number of benzene rings is 1. The molecule has 0 amide bonds. The fourth-order valence-corrected chi connectivity index (χ4v) is 6.59. The van der Waals surface area contributed by atoms with Crippen molar-refractivity contribution < 1.29 is 8.42 Å². The molecular formula is C22H30N4O2S. The van der Waals surface area contributed by atoms with Crippen LogP contribution < -0.4 is 4.90 Å². The molecule has 6 nitrogen and oxygen atoms in total. The maximum absolute atomic E-state index is 13.6. The van der Waals surface area contributed by atoms with Crippen molar-refractivity contribution in [2.24, 2.45) is 0 Å². The summed E-state index contributed by atoms with van der Waals surface area (Å²) in [7, 11) is -3.58. The van der Waals surface area contributed by atoms with Gasteiger partial charge >= 0.3 is 0 Å². The van der Waals surface area contributed by atoms with Crippen molar-refractivity contribution in [1.29, 1.82) is 0 Å². The lowest BCUT2D eigenvalue weighted by Crippen LogP contribution is -2.39. The van der Waals surface area contributed by atoms with Gasteiger partial charge in [0.25, 0.3) is 0 Å². The zero-order valence-electron chi connectivity index (χ0n) is 17.8. The molecule has 0 aliphatic carbocycles. The Morgan fingerprint density at radius 3 is 2.21 bits per heavy atom. The van der Waals surface area contributed by atoms with Gasteiger partial charge in [-0.05, 0) is 58.1 Å². The summed E-state index contributed by atoms with van der Waals surface area (Å²) < 4.78 is 28.8. The van der Waals surface area contributed by atoms with Crippen LogP contribution in [0.3, 0.4) is 0 Å². The summed E-state index contributed by atoms with van der Waals surface area (Å²) in [5.74, 6) is 1.70. The van der Waals surface area contributed by atoms with Gasteiger partial charge in [-0.25, -0.2) is 18.4 Å². The summed E-state index contributed by atoms with van der Waals surface area (Å²) in [6.07, 6.45) is 4.18. The third kappa shape index (κ3) is 3.78. The number of piperidine rings is 1. The van der Waals surface area contributed by atoms with E-state index in [-0.39, 0.29) is 0 Å². The SMILES string of the molecule is Cc1cc(C)c(S(=O)(=O)N2CCc3nc(C)nc(N4CCCCC4)c3C2)c(C)c1. The smallest absolute Gasteiger partial charge is 0.243 e. The zero-order chi connectivity index (χ0) is 20.8. The average molecular weight is 415 g/mol. The highest BCUT2D eigenvalue weighted by molar-refractivity contribution is 7.89. The summed E-state index contributed by atoms with van der Waals surface area (Å²) in [4.78, 5) is 12.1. The van der Waals surface area contributed by atoms with Crippen molar-refractivity contribution in [2.45, 2.75) is 64.8 Å². The molecule has 156 valence electrons. The molecule has 29 heavy (non-hydrogen) atoms. The second-order valence-electron chi connectivity index (χ2n) is 8.38. The van der Waals surface area contributed by atoms with Crippen molar-refractivity contribution in [3.8, 4) is 0 Å². The molecule has 0 unspecified atom stereocenters. The minimum atomic E-state index is -3.58. The molecule has 1 aromatic carbocycles. The Kier molecular flexibility index (Phi) is 5.38. The van der Waals surface area contributed by atoms with Crippen LogP contribution in [0.15, 0.2) is 17.0 Å². The second kappa shape index (κ2) is 7.69. The van der Waals surface area contributed by atoms with Crippen LogP contribution in [-0.4, -0.2) is 42.3 Å². The summed E-state index contributed by atoms with van der Waals surface area (Å²) in [6, 6.07) is 3.90. The van der Waals surface area contributed by atoms with E-state index in [0.29, 0.717) is 24.4 Å². The average Bonchev–Trinajstić information content (AvgIpc) is 2.66. The van der Waals surface area contributed by atoms with Crippen LogP contribution in [0.25, 0.3) is 0 Å². The molecule has 0 spiro atoms. The van der Waals surface area contributed by atoms with E-state index < -0.39 is 10.0 Å². The molecule has 1 saturated heterocycles. The summed E-state index contributed by atoms with van der Waals surface area (Å²) >= 11 is 0. The molecule has 0 bridgehead atoms. The van der Waals surface area contributed by atoms with Crippen LogP contribution in [0.2, 0.25) is 0 Å². The molecular weight excluding hydrogens is 384 g/mol. The van der Waals surface area contributed by atoms with E-state index in [1.54, 1.807) is 4.31 Å². The van der Waals surface area contributed by atoms with Crippen LogP contribution in [0.4, 0.5) is 5.82 Å². The highest BCUT2D eigenvalue weighted by Crippen LogP contribution is 2.33. The number of nitrogens with zero attached hydrogens (tertiary/aromatic N) is 4. The summed E-state index contributed by atoms with van der Waals surface area (Å²) in [5, 5.41) is 0. The number of anilines is 1. The van der Waals surface area contributed by atoms with Crippen LogP contribution in [-0.2, 0) is 23.0 Å². The van der Waals surface area contributed by atoms with Crippen LogP contribution in [0, 0.1) is 27.7 Å². The van der Waals surface area contributed by atoms with E-state index >= 15 is 0 Å². The van der Waals surface area contributed by atoms with Gasteiger partial charge in [-0.15, -0.1) is 0 Å². The van der Waals surface area contributed by atoms with E-state index in [2.05, 4.69) is 9.88 Å². The van der Waals surface area contributed by atoms with E-state index in [1.807, 2.05) is 39.8 Å². The highest BCUT2D eigenvalue weighted by atomic mass is 32.2. The van der Waals surface area contributed by atoms with Crippen molar-refractivity contribution >= 4 is 15.8 Å². The van der Waals surface area contributed by atoms with Gasteiger partial charge in [-0.2, -0.15) is 4.31 Å². The number of sulfonamides is 1. The predicted octanol–water partition coefficient (Wildman–Crippen LogP) is 3.45. The first-order valence-corrected chi connectivity index (χ1v) is 11.9. The van der Waals surface area contributed by atoms with Crippen molar-refractivity contribution in [1.82, 2.24) is 14.3 Å². The number of fused-ring (bicyclic) bond motifs is 1. The topological polar surface area (TPSA) is 66.4 Å². The molecule has 0 radical (unpaired) electrons. The second-order valence-corrected chi connectivity index (χ2v) is 10.3. The first-order chi connectivity index (χ1) is 13.8. The van der Waals surface area contributed by atoms with E-state index in [9.17, 15) is 8.42 Å². The van der Waals surface area contributed by atoms with Gasteiger partial charge in [0, 0.05) is 38.2 Å². The first kappa shape index (κ1) is 20.3. The predicted molar refractivity (Wildman–Crippen MR) is 115 cm³/mol. The van der Waals surface area contributed by atoms with E-state index in [4.69, 9.17) is 4.98 Å². The molecule has 4 rings (SSSR count). The third-order valence-corrected chi connectivity index (χ3v) is 8.12. The molecule has 1 aromatic heterocycles. The number of rotatable bonds is 3. The molecule has 2 aliphatic heterocycles. The summed E-state index contributed by atoms with van der Waals surface area (Å²) in [6.45, 7) is 10.5. The monoisotopic (exact) mass is 414 g/mol. The molecule has 0 N–H and O–H groups in total. The van der Waals surface area contributed by atoms with Gasteiger partial charge in [0.15, 0.2) is 0 Å². The minimum absolute atomic E-state index is 0.344. The quantitative estimate of drug-likeness (QED) is 0.770. The van der Waals surface area contributed by atoms with Gasteiger partial charge in [-0.3, -0.25) is 0 Å². The van der Waals surface area contributed by atoms with Gasteiger partial charge in [0.05, 0.1) is 10.6 Å². The van der Waals surface area contributed by atoms with Gasteiger partial charge < -0.3 is 4.90 Å². The molecule has 0 saturated carbocycles. The van der Waals surface area contributed by atoms with Crippen LogP contribution in [0.1, 0.15) is 53.0 Å². The molecule has 2 aromatic rings. The van der Waals surface area contributed by atoms with Crippen molar-refractivity contribution in [3.05, 3.63) is 45.9 Å². The Morgan fingerprint density at radius 1 is 0.897 bits per heavy atom. The Labute approximate surface area is 174 Å². The molecule has 7 heteroatoms. The Bertz CT molecular complexity index is 1020. The maximum atomic E-state index is 13.6. The molecule has 1 fully saturated rings. The Morgan fingerprint density at radius 2 is 1.55 bits per heavy atom. The van der Waals surface area contributed by atoms with Gasteiger partial charge in [-0.1, -0.05) is 17.7 Å². The van der Waals surface area contributed by atoms with Crippen molar-refractivity contribution in [2.75, 3.05) is 24.5 Å². The van der Waals surface area contributed by atoms with Crippen LogP contribution >= 0.6 is 0 Å². The molecule has 3 heterocycles. The third-order valence-electron chi connectivity index (χ3n) is 5.97. The highest BCUT2D eigenvalue weighted by Gasteiger charge is 2.34. The lowest BCUT2D eigenvalue weighted by molar-refractivity contribution is 0.385. The van der Waals surface area contributed by atoms with E-state index in [0.717, 1.165) is 65.5 Å². The number of aromatic nitrogens is 2. The normalized spacial score (nSPS) is 18.0. The summed E-state index contributed by atoms with van der Waals surface area (Å²) in [5.41, 5.74) is 4.69. The molecule has 0 atom stereocenters. The van der Waals surface area contributed by atoms with Crippen LogP contribution in [0.5, 0.6) is 0 Å². The number of hydrogen-bond acceptors (Lipinski definition) is 5. The largest absolute Gasteiger partial charge is 0.356 e. The Hall–Kier alpha value is -1.99. The van der Waals surface area contributed by atoms with Gasteiger partial charge in [0.2, 0.25) is 10.0 Å². The molecule has 2 aliphatic rings. The lowest BCUT2D eigenvalue weighted by atomic mass is 10.1. The zero-order valence-corrected chi connectivity index (χ0v) is 18.6. The maximum Gasteiger partial charge on any atom is 0.243 e. The number of aryl methyl sites for hydroxylation is 4. The Balaban J connectivity index is 1.73. The number of hydrogen-bond donors (Lipinski definition) is 0. The first-order valence-electron chi connectivity index (χ1n) is 10.5. The lowest BCUT2D eigenvalue weighted by Gasteiger charge is -2.34. The standard InChI is InChI=1S/C22H30N4O2S/c1-15-12-16(2)21(17(3)13-15)29(27,28)26-11-8-20-19(14-26)22(24-18(4)23-20)25-9-6-5-7-10-25/h12-13H,5-11,14H2,1-4H3.